The Balaban J connectivity index is 1.49. The molecule has 0 bridgehead atoms. The van der Waals surface area contributed by atoms with Crippen molar-refractivity contribution < 1.29 is 5.11 Å². The minimum atomic E-state index is -0.105. The first-order chi connectivity index (χ1) is 11.7. The number of rotatable bonds is 4. The molecule has 1 aromatic carbocycles. The summed E-state index contributed by atoms with van der Waals surface area (Å²) in [5, 5.41) is 9.57. The van der Waals surface area contributed by atoms with Crippen LogP contribution in [0.15, 0.2) is 29.3 Å². The Hall–Kier alpha value is -1.59. The maximum absolute atomic E-state index is 9.57. The van der Waals surface area contributed by atoms with E-state index in [9.17, 15) is 5.11 Å². The molecule has 0 aliphatic carbocycles. The molecule has 2 heterocycles. The van der Waals surface area contributed by atoms with Crippen LogP contribution in [0.5, 0.6) is 0 Å². The summed E-state index contributed by atoms with van der Waals surface area (Å²) in [5.41, 5.74) is 8.63. The first kappa shape index (κ1) is 17.2. The summed E-state index contributed by atoms with van der Waals surface area (Å²) in [7, 11) is 0. The maximum atomic E-state index is 9.57. The van der Waals surface area contributed by atoms with Gasteiger partial charge in [0, 0.05) is 32.7 Å². The number of hydrogen-bond acceptors (Lipinski definition) is 3. The lowest BCUT2D eigenvalue weighted by atomic mass is 10.1. The third kappa shape index (κ3) is 4.95. The molecule has 2 aliphatic rings. The van der Waals surface area contributed by atoms with E-state index in [-0.39, 0.29) is 6.10 Å². The van der Waals surface area contributed by atoms with Gasteiger partial charge < -0.3 is 15.7 Å². The van der Waals surface area contributed by atoms with Crippen LogP contribution in [0, 0.1) is 0 Å². The number of nitrogens with two attached hydrogens (primary N) is 1. The number of piperidine rings is 2. The molecule has 24 heavy (non-hydrogen) atoms. The largest absolute Gasteiger partial charge is 0.393 e. The third-order valence-corrected chi connectivity index (χ3v) is 5.09. The van der Waals surface area contributed by atoms with E-state index in [1.165, 1.54) is 30.4 Å². The maximum Gasteiger partial charge on any atom is 0.191 e. The molecule has 1 aromatic rings. The van der Waals surface area contributed by atoms with Gasteiger partial charge in [0.25, 0.3) is 0 Å². The molecule has 5 heteroatoms. The highest BCUT2D eigenvalue weighted by molar-refractivity contribution is 5.78. The number of likely N-dealkylation sites (tertiary alicyclic amines) is 2. The second kappa shape index (κ2) is 8.49. The summed E-state index contributed by atoms with van der Waals surface area (Å²) in [5.74, 6) is 0.686. The first-order valence-electron chi connectivity index (χ1n) is 9.24. The number of guanidine groups is 1. The Bertz CT molecular complexity index is 529. The Morgan fingerprint density at radius 1 is 1.00 bits per heavy atom. The molecule has 0 amide bonds. The van der Waals surface area contributed by atoms with E-state index in [0.717, 1.165) is 45.6 Å². The van der Waals surface area contributed by atoms with Gasteiger partial charge >= 0.3 is 0 Å². The standard InChI is InChI=1S/C19H30N4O/c20-19(23-10-2-1-3-11-23)21-14-16-4-6-17(7-5-16)15-22-12-8-18(24)9-13-22/h4-7,18,24H,1-3,8-15H2,(H2,20,21). The summed E-state index contributed by atoms with van der Waals surface area (Å²) in [4.78, 5) is 9.16. The number of hydrogen-bond donors (Lipinski definition) is 2. The molecule has 132 valence electrons. The Kier molecular flexibility index (Phi) is 6.10. The summed E-state index contributed by atoms with van der Waals surface area (Å²) >= 11 is 0. The number of aliphatic hydroxyl groups excluding tert-OH is 1. The average molecular weight is 330 g/mol. The molecule has 0 unspecified atom stereocenters. The quantitative estimate of drug-likeness (QED) is 0.654. The van der Waals surface area contributed by atoms with Crippen molar-refractivity contribution in [3.8, 4) is 0 Å². The highest BCUT2D eigenvalue weighted by Gasteiger charge is 2.16. The fraction of sp³-hybridized carbons (Fsp3) is 0.632. The zero-order chi connectivity index (χ0) is 16.8. The van der Waals surface area contributed by atoms with Crippen LogP contribution < -0.4 is 5.73 Å². The highest BCUT2D eigenvalue weighted by Crippen LogP contribution is 2.15. The van der Waals surface area contributed by atoms with E-state index in [2.05, 4.69) is 39.1 Å². The van der Waals surface area contributed by atoms with Crippen molar-refractivity contribution in [2.75, 3.05) is 26.2 Å². The molecule has 3 N–H and O–H groups in total. The van der Waals surface area contributed by atoms with Crippen molar-refractivity contribution in [1.29, 1.82) is 0 Å². The monoisotopic (exact) mass is 330 g/mol. The summed E-state index contributed by atoms with van der Waals surface area (Å²) in [6.07, 6.45) is 5.43. The number of benzene rings is 1. The zero-order valence-electron chi connectivity index (χ0n) is 14.5. The molecule has 3 rings (SSSR count). The molecular formula is C19H30N4O. The second-order valence-corrected chi connectivity index (χ2v) is 7.05. The van der Waals surface area contributed by atoms with Gasteiger partial charge in [-0.3, -0.25) is 4.90 Å². The predicted molar refractivity (Wildman–Crippen MR) is 97.7 cm³/mol. The van der Waals surface area contributed by atoms with Crippen LogP contribution in [0.4, 0.5) is 0 Å². The molecular weight excluding hydrogens is 300 g/mol. The third-order valence-electron chi connectivity index (χ3n) is 5.09. The van der Waals surface area contributed by atoms with Crippen molar-refractivity contribution in [3.05, 3.63) is 35.4 Å². The molecule has 0 spiro atoms. The lowest BCUT2D eigenvalue weighted by Gasteiger charge is -2.29. The van der Waals surface area contributed by atoms with Crippen molar-refractivity contribution in [3.63, 3.8) is 0 Å². The van der Waals surface area contributed by atoms with Crippen LogP contribution in [0.2, 0.25) is 0 Å². The van der Waals surface area contributed by atoms with Crippen LogP contribution in [-0.2, 0) is 13.1 Å². The van der Waals surface area contributed by atoms with Gasteiger partial charge in [-0.05, 0) is 43.2 Å². The fourth-order valence-electron chi connectivity index (χ4n) is 3.48. The van der Waals surface area contributed by atoms with Crippen LogP contribution in [-0.4, -0.2) is 53.1 Å². The highest BCUT2D eigenvalue weighted by atomic mass is 16.3. The van der Waals surface area contributed by atoms with Gasteiger partial charge in [-0.1, -0.05) is 24.3 Å². The first-order valence-corrected chi connectivity index (χ1v) is 9.24. The number of aliphatic hydroxyl groups is 1. The lowest BCUT2D eigenvalue weighted by molar-refractivity contribution is 0.0792. The van der Waals surface area contributed by atoms with Gasteiger partial charge in [0.05, 0.1) is 12.6 Å². The Morgan fingerprint density at radius 2 is 1.62 bits per heavy atom. The van der Waals surface area contributed by atoms with Crippen LogP contribution >= 0.6 is 0 Å². The molecule has 0 atom stereocenters. The van der Waals surface area contributed by atoms with Crippen molar-refractivity contribution in [2.45, 2.75) is 51.3 Å². The summed E-state index contributed by atoms with van der Waals surface area (Å²) < 4.78 is 0. The van der Waals surface area contributed by atoms with E-state index in [4.69, 9.17) is 5.73 Å². The second-order valence-electron chi connectivity index (χ2n) is 7.05. The summed E-state index contributed by atoms with van der Waals surface area (Å²) in [6.45, 7) is 5.67. The molecule has 2 aliphatic heterocycles. The average Bonchev–Trinajstić information content (AvgIpc) is 2.63. The minimum Gasteiger partial charge on any atom is -0.393 e. The van der Waals surface area contributed by atoms with E-state index in [1.807, 2.05) is 0 Å². The SMILES string of the molecule is NC(=NCc1ccc(CN2CCC(O)CC2)cc1)N1CCCCC1. The predicted octanol–water partition coefficient (Wildman–Crippen LogP) is 1.94. The van der Waals surface area contributed by atoms with Gasteiger partial charge in [-0.25, -0.2) is 4.99 Å². The minimum absolute atomic E-state index is 0.105. The van der Waals surface area contributed by atoms with Crippen LogP contribution in [0.1, 0.15) is 43.2 Å². The van der Waals surface area contributed by atoms with E-state index < -0.39 is 0 Å². The van der Waals surface area contributed by atoms with Crippen LogP contribution in [0.25, 0.3) is 0 Å². The molecule has 2 fully saturated rings. The van der Waals surface area contributed by atoms with E-state index in [0.29, 0.717) is 12.5 Å². The van der Waals surface area contributed by atoms with Crippen molar-refractivity contribution in [2.24, 2.45) is 10.7 Å². The van der Waals surface area contributed by atoms with Crippen molar-refractivity contribution in [1.82, 2.24) is 9.80 Å². The lowest BCUT2D eigenvalue weighted by Crippen LogP contribution is -2.40. The zero-order valence-corrected chi connectivity index (χ0v) is 14.5. The van der Waals surface area contributed by atoms with E-state index >= 15 is 0 Å². The van der Waals surface area contributed by atoms with Gasteiger partial charge in [0.1, 0.15) is 0 Å². The molecule has 0 radical (unpaired) electrons. The van der Waals surface area contributed by atoms with Gasteiger partial charge in [-0.2, -0.15) is 0 Å². The molecule has 2 saturated heterocycles. The Morgan fingerprint density at radius 3 is 2.29 bits per heavy atom. The smallest absolute Gasteiger partial charge is 0.191 e. The number of nitrogens with zero attached hydrogens (tertiary/aromatic N) is 3. The van der Waals surface area contributed by atoms with E-state index in [1.54, 1.807) is 0 Å². The van der Waals surface area contributed by atoms with Crippen molar-refractivity contribution >= 4 is 5.96 Å². The van der Waals surface area contributed by atoms with Crippen LogP contribution in [0.3, 0.4) is 0 Å². The Labute approximate surface area is 145 Å². The molecule has 5 nitrogen and oxygen atoms in total. The fourth-order valence-corrected chi connectivity index (χ4v) is 3.48. The van der Waals surface area contributed by atoms with Gasteiger partial charge in [-0.15, -0.1) is 0 Å². The normalized spacial score (nSPS) is 21.2. The topological polar surface area (TPSA) is 65.1 Å². The number of aliphatic imine (C=N–C) groups is 1. The molecule has 0 saturated carbocycles. The van der Waals surface area contributed by atoms with Gasteiger partial charge in [0.2, 0.25) is 0 Å². The summed E-state index contributed by atoms with van der Waals surface area (Å²) in [6, 6.07) is 8.68. The van der Waals surface area contributed by atoms with Gasteiger partial charge in [0.15, 0.2) is 5.96 Å². The molecule has 0 aromatic heterocycles.